The van der Waals surface area contributed by atoms with E-state index in [1.54, 1.807) is 6.07 Å². The van der Waals surface area contributed by atoms with Crippen LogP contribution in [0.5, 0.6) is 5.75 Å². The maximum Gasteiger partial charge on any atom is 0.138 e. The fraction of sp³-hybridized carbons (Fsp3) is 0.529. The normalized spacial score (nSPS) is 25.7. The molecule has 1 aliphatic carbocycles. The zero-order chi connectivity index (χ0) is 14.5. The van der Waals surface area contributed by atoms with Gasteiger partial charge in [-0.15, -0.1) is 0 Å². The zero-order valence-electron chi connectivity index (χ0n) is 12.0. The molecular weight excluding hydrogens is 255 g/mol. The third-order valence-corrected chi connectivity index (χ3v) is 3.67. The summed E-state index contributed by atoms with van der Waals surface area (Å²) in [5.74, 6) is 6.81. The number of aliphatic hydroxyl groups is 1. The molecule has 0 bridgehead atoms. The zero-order valence-corrected chi connectivity index (χ0v) is 12.0. The first kappa shape index (κ1) is 14.9. The molecule has 1 saturated carbocycles. The van der Waals surface area contributed by atoms with Crippen molar-refractivity contribution in [2.75, 3.05) is 6.61 Å². The van der Waals surface area contributed by atoms with Gasteiger partial charge in [-0.25, -0.2) is 4.39 Å². The van der Waals surface area contributed by atoms with Crippen molar-refractivity contribution >= 4 is 0 Å². The fourth-order valence-electron chi connectivity index (χ4n) is 2.98. The van der Waals surface area contributed by atoms with Crippen molar-refractivity contribution in [3.05, 3.63) is 29.6 Å². The number of ether oxygens (including phenoxy) is 1. The highest BCUT2D eigenvalue weighted by molar-refractivity contribution is 5.46. The SMILES string of the molecule is CC1CC(C)CC(Oc2cc(F)ccc2C#CCO)C1. The summed E-state index contributed by atoms with van der Waals surface area (Å²) in [4.78, 5) is 0. The highest BCUT2D eigenvalue weighted by Crippen LogP contribution is 2.32. The van der Waals surface area contributed by atoms with E-state index in [0.717, 1.165) is 12.8 Å². The minimum atomic E-state index is -0.327. The second kappa shape index (κ2) is 6.76. The molecule has 2 atom stereocenters. The quantitative estimate of drug-likeness (QED) is 0.839. The molecule has 0 amide bonds. The van der Waals surface area contributed by atoms with E-state index in [9.17, 15) is 4.39 Å². The summed E-state index contributed by atoms with van der Waals surface area (Å²) in [6, 6.07) is 4.34. The monoisotopic (exact) mass is 276 g/mol. The maximum atomic E-state index is 13.4. The molecule has 1 aliphatic rings. The van der Waals surface area contributed by atoms with Gasteiger partial charge in [-0.2, -0.15) is 0 Å². The average Bonchev–Trinajstić information content (AvgIpc) is 2.36. The first-order valence-corrected chi connectivity index (χ1v) is 7.14. The van der Waals surface area contributed by atoms with Gasteiger partial charge in [0, 0.05) is 6.07 Å². The van der Waals surface area contributed by atoms with Crippen LogP contribution >= 0.6 is 0 Å². The second-order valence-electron chi connectivity index (χ2n) is 5.76. The lowest BCUT2D eigenvalue weighted by Crippen LogP contribution is -2.28. The predicted octanol–water partition coefficient (Wildman–Crippen LogP) is 3.37. The number of hydrogen-bond acceptors (Lipinski definition) is 2. The molecule has 1 aromatic carbocycles. The van der Waals surface area contributed by atoms with Crippen LogP contribution in [0.15, 0.2) is 18.2 Å². The van der Waals surface area contributed by atoms with Gasteiger partial charge < -0.3 is 9.84 Å². The molecule has 0 saturated heterocycles. The van der Waals surface area contributed by atoms with Crippen LogP contribution in [0, 0.1) is 29.5 Å². The number of aliphatic hydroxyl groups excluding tert-OH is 1. The van der Waals surface area contributed by atoms with Crippen molar-refractivity contribution < 1.29 is 14.2 Å². The van der Waals surface area contributed by atoms with Gasteiger partial charge >= 0.3 is 0 Å². The molecule has 108 valence electrons. The van der Waals surface area contributed by atoms with E-state index >= 15 is 0 Å². The first-order chi connectivity index (χ1) is 9.58. The molecule has 1 N–H and O–H groups in total. The lowest BCUT2D eigenvalue weighted by Gasteiger charge is -2.32. The minimum Gasteiger partial charge on any atom is -0.489 e. The van der Waals surface area contributed by atoms with Crippen LogP contribution in [0.3, 0.4) is 0 Å². The van der Waals surface area contributed by atoms with Crippen molar-refractivity contribution in [3.8, 4) is 17.6 Å². The molecule has 2 unspecified atom stereocenters. The Hall–Kier alpha value is -1.53. The van der Waals surface area contributed by atoms with Crippen LogP contribution < -0.4 is 4.74 Å². The summed E-state index contributed by atoms with van der Waals surface area (Å²) in [5, 5.41) is 8.78. The van der Waals surface area contributed by atoms with Crippen LogP contribution in [0.25, 0.3) is 0 Å². The van der Waals surface area contributed by atoms with Crippen LogP contribution in [0.4, 0.5) is 4.39 Å². The van der Waals surface area contributed by atoms with Gasteiger partial charge in [-0.05, 0) is 43.2 Å². The fourth-order valence-corrected chi connectivity index (χ4v) is 2.98. The largest absolute Gasteiger partial charge is 0.489 e. The molecule has 20 heavy (non-hydrogen) atoms. The highest BCUT2D eigenvalue weighted by atomic mass is 19.1. The summed E-state index contributed by atoms with van der Waals surface area (Å²) in [6.07, 6.45) is 3.33. The van der Waals surface area contributed by atoms with Gasteiger partial charge in [0.25, 0.3) is 0 Å². The third kappa shape index (κ3) is 3.98. The Labute approximate surface area is 120 Å². The summed E-state index contributed by atoms with van der Waals surface area (Å²) in [7, 11) is 0. The standard InChI is InChI=1S/C17H21FO2/c1-12-8-13(2)10-16(9-12)20-17-11-15(18)6-5-14(17)4-3-7-19/h5-6,11-13,16,19H,7-10H2,1-2H3. The lowest BCUT2D eigenvalue weighted by molar-refractivity contribution is 0.100. The van der Waals surface area contributed by atoms with Crippen molar-refractivity contribution in [3.63, 3.8) is 0 Å². The van der Waals surface area contributed by atoms with Crippen LogP contribution in [0.2, 0.25) is 0 Å². The van der Waals surface area contributed by atoms with Crippen molar-refractivity contribution in [2.45, 2.75) is 39.2 Å². The molecule has 0 radical (unpaired) electrons. The van der Waals surface area contributed by atoms with E-state index in [-0.39, 0.29) is 18.5 Å². The molecule has 2 nitrogen and oxygen atoms in total. The summed E-state index contributed by atoms with van der Waals surface area (Å²) >= 11 is 0. The van der Waals surface area contributed by atoms with Crippen LogP contribution in [-0.2, 0) is 0 Å². The van der Waals surface area contributed by atoms with Crippen molar-refractivity contribution in [2.24, 2.45) is 11.8 Å². The lowest BCUT2D eigenvalue weighted by atomic mass is 9.82. The Morgan fingerprint density at radius 1 is 1.25 bits per heavy atom. The van der Waals surface area contributed by atoms with Gasteiger partial charge in [-0.3, -0.25) is 0 Å². The molecule has 3 heteroatoms. The maximum absolute atomic E-state index is 13.4. The number of hydrogen-bond donors (Lipinski definition) is 1. The summed E-state index contributed by atoms with van der Waals surface area (Å²) in [5.41, 5.74) is 0.631. The van der Waals surface area contributed by atoms with Gasteiger partial charge in [0.05, 0.1) is 11.7 Å². The molecular formula is C17H21FO2. The average molecular weight is 276 g/mol. The molecule has 0 aliphatic heterocycles. The Bertz CT molecular complexity index is 505. The van der Waals surface area contributed by atoms with Crippen molar-refractivity contribution in [1.82, 2.24) is 0 Å². The number of rotatable bonds is 2. The molecule has 0 spiro atoms. The van der Waals surface area contributed by atoms with Crippen LogP contribution in [0.1, 0.15) is 38.7 Å². The number of halogens is 1. The molecule has 1 fully saturated rings. The van der Waals surface area contributed by atoms with Gasteiger partial charge in [0.2, 0.25) is 0 Å². The van der Waals surface area contributed by atoms with Gasteiger partial charge in [-0.1, -0.05) is 25.7 Å². The Kier molecular flexibility index (Phi) is 5.03. The highest BCUT2D eigenvalue weighted by Gasteiger charge is 2.25. The Morgan fingerprint density at radius 2 is 1.95 bits per heavy atom. The topological polar surface area (TPSA) is 29.5 Å². The molecule has 1 aromatic rings. The second-order valence-corrected chi connectivity index (χ2v) is 5.76. The Morgan fingerprint density at radius 3 is 2.60 bits per heavy atom. The first-order valence-electron chi connectivity index (χ1n) is 7.14. The molecule has 2 rings (SSSR count). The summed E-state index contributed by atoms with van der Waals surface area (Å²) in [6.45, 7) is 4.24. The molecule has 0 heterocycles. The van der Waals surface area contributed by atoms with Crippen LogP contribution in [-0.4, -0.2) is 17.8 Å². The molecule has 0 aromatic heterocycles. The number of benzene rings is 1. The van der Waals surface area contributed by atoms with Gasteiger partial charge in [0.15, 0.2) is 0 Å². The summed E-state index contributed by atoms with van der Waals surface area (Å²) < 4.78 is 19.4. The Balaban J connectivity index is 2.17. The predicted molar refractivity (Wildman–Crippen MR) is 77.0 cm³/mol. The van der Waals surface area contributed by atoms with E-state index < -0.39 is 0 Å². The minimum absolute atomic E-state index is 0.116. The van der Waals surface area contributed by atoms with Gasteiger partial charge in [0.1, 0.15) is 18.2 Å². The van der Waals surface area contributed by atoms with Crippen molar-refractivity contribution in [1.29, 1.82) is 0 Å². The smallest absolute Gasteiger partial charge is 0.138 e. The van der Waals surface area contributed by atoms with E-state index in [1.807, 2.05) is 0 Å². The van der Waals surface area contributed by atoms with E-state index in [1.165, 1.54) is 18.6 Å². The third-order valence-electron chi connectivity index (χ3n) is 3.67. The van der Waals surface area contributed by atoms with E-state index in [0.29, 0.717) is 23.1 Å². The van der Waals surface area contributed by atoms with E-state index in [4.69, 9.17) is 9.84 Å². The van der Waals surface area contributed by atoms with E-state index in [2.05, 4.69) is 25.7 Å².